The molecule has 0 spiro atoms. The highest BCUT2D eigenvalue weighted by molar-refractivity contribution is 5.85. The fourth-order valence-corrected chi connectivity index (χ4v) is 1.96. The summed E-state index contributed by atoms with van der Waals surface area (Å²) in [6.45, 7) is 3.73. The van der Waals surface area contributed by atoms with E-state index in [1.165, 1.54) is 12.1 Å². The van der Waals surface area contributed by atoms with Crippen molar-refractivity contribution in [2.45, 2.75) is 31.9 Å². The molecule has 1 amide bonds. The predicted octanol–water partition coefficient (Wildman–Crippen LogP) is 3.26. The van der Waals surface area contributed by atoms with E-state index in [1.54, 1.807) is 18.2 Å². The molecule has 0 aliphatic carbocycles. The maximum Gasteiger partial charge on any atom is 0.396 e. The molecule has 0 aliphatic rings. The van der Waals surface area contributed by atoms with Crippen LogP contribution in [0.4, 0.5) is 13.2 Å². The Hall–Kier alpha value is -1.27. The summed E-state index contributed by atoms with van der Waals surface area (Å²) in [5.41, 5.74) is 0.115. The summed E-state index contributed by atoms with van der Waals surface area (Å²) in [5.74, 6) is -2.35. The van der Waals surface area contributed by atoms with Crippen molar-refractivity contribution in [3.8, 4) is 0 Å². The first kappa shape index (κ1) is 20.7. The maximum absolute atomic E-state index is 13.1. The van der Waals surface area contributed by atoms with Gasteiger partial charge in [-0.15, -0.1) is 12.4 Å². The van der Waals surface area contributed by atoms with Gasteiger partial charge in [-0.25, -0.2) is 0 Å². The number of alkyl halides is 3. The van der Waals surface area contributed by atoms with Gasteiger partial charge in [0.2, 0.25) is 5.91 Å². The molecule has 1 atom stereocenters. The number of hydrogen-bond donors (Lipinski definition) is 2. The lowest BCUT2D eigenvalue weighted by Gasteiger charge is -2.20. The van der Waals surface area contributed by atoms with E-state index in [2.05, 4.69) is 10.6 Å². The molecule has 126 valence electrons. The van der Waals surface area contributed by atoms with Gasteiger partial charge >= 0.3 is 6.18 Å². The molecule has 2 N–H and O–H groups in total. The van der Waals surface area contributed by atoms with Gasteiger partial charge in [-0.3, -0.25) is 4.79 Å². The largest absolute Gasteiger partial charge is 0.396 e. The number of halogens is 4. The molecular formula is C15H22ClF3N2O. The summed E-state index contributed by atoms with van der Waals surface area (Å²) in [7, 11) is 0. The van der Waals surface area contributed by atoms with Crippen LogP contribution in [0, 0.1) is 0 Å². The summed E-state index contributed by atoms with van der Waals surface area (Å²) in [6, 6.07) is 7.53. The maximum atomic E-state index is 13.1. The van der Waals surface area contributed by atoms with Gasteiger partial charge in [0, 0.05) is 19.5 Å². The van der Waals surface area contributed by atoms with Gasteiger partial charge in [0.05, 0.1) is 5.92 Å². The van der Waals surface area contributed by atoms with E-state index < -0.39 is 24.4 Å². The molecule has 1 aromatic rings. The summed E-state index contributed by atoms with van der Waals surface area (Å²) in [5, 5.41) is 5.58. The number of rotatable bonds is 8. The Labute approximate surface area is 135 Å². The van der Waals surface area contributed by atoms with Crippen molar-refractivity contribution >= 4 is 18.3 Å². The summed E-state index contributed by atoms with van der Waals surface area (Å²) in [6.07, 6.45) is -4.04. The molecule has 3 nitrogen and oxygen atoms in total. The van der Waals surface area contributed by atoms with Crippen molar-refractivity contribution in [3.05, 3.63) is 35.9 Å². The SMILES string of the molecule is CCCNCCNC(=O)CC(c1ccccc1)C(F)(F)F.Cl. The molecule has 0 fully saturated rings. The second kappa shape index (κ2) is 10.5. The summed E-state index contributed by atoms with van der Waals surface area (Å²) in [4.78, 5) is 11.7. The highest BCUT2D eigenvalue weighted by atomic mass is 35.5. The number of benzene rings is 1. The first-order chi connectivity index (χ1) is 9.95. The smallest absolute Gasteiger partial charge is 0.355 e. The summed E-state index contributed by atoms with van der Waals surface area (Å²) >= 11 is 0. The van der Waals surface area contributed by atoms with Crippen LogP contribution in [0.25, 0.3) is 0 Å². The van der Waals surface area contributed by atoms with Gasteiger partial charge in [0.15, 0.2) is 0 Å². The molecule has 0 saturated carbocycles. The fraction of sp³-hybridized carbons (Fsp3) is 0.533. The molecule has 0 heterocycles. The van der Waals surface area contributed by atoms with Crippen LogP contribution in [0.2, 0.25) is 0 Å². The first-order valence-corrected chi connectivity index (χ1v) is 7.04. The number of amides is 1. The van der Waals surface area contributed by atoms with Crippen LogP contribution >= 0.6 is 12.4 Å². The molecule has 1 unspecified atom stereocenters. The van der Waals surface area contributed by atoms with Gasteiger partial charge in [-0.1, -0.05) is 37.3 Å². The van der Waals surface area contributed by atoms with Crippen LogP contribution in [0.1, 0.15) is 31.2 Å². The van der Waals surface area contributed by atoms with Crippen LogP contribution in [0.5, 0.6) is 0 Å². The molecule has 1 aromatic carbocycles. The molecule has 22 heavy (non-hydrogen) atoms. The fourth-order valence-electron chi connectivity index (χ4n) is 1.96. The number of nitrogens with one attached hydrogen (secondary N) is 2. The minimum Gasteiger partial charge on any atom is -0.355 e. The van der Waals surface area contributed by atoms with Crippen molar-refractivity contribution in [2.75, 3.05) is 19.6 Å². The van der Waals surface area contributed by atoms with E-state index in [0.717, 1.165) is 13.0 Å². The Balaban J connectivity index is 0.00000441. The van der Waals surface area contributed by atoms with E-state index >= 15 is 0 Å². The highest BCUT2D eigenvalue weighted by Crippen LogP contribution is 2.37. The average molecular weight is 339 g/mol. The second-order valence-electron chi connectivity index (χ2n) is 4.81. The quantitative estimate of drug-likeness (QED) is 0.714. The topological polar surface area (TPSA) is 41.1 Å². The zero-order valence-electron chi connectivity index (χ0n) is 12.5. The van der Waals surface area contributed by atoms with Crippen molar-refractivity contribution in [3.63, 3.8) is 0 Å². The Morgan fingerprint density at radius 1 is 1.14 bits per heavy atom. The van der Waals surface area contributed by atoms with Gasteiger partial charge in [-0.05, 0) is 18.5 Å². The van der Waals surface area contributed by atoms with E-state index in [9.17, 15) is 18.0 Å². The van der Waals surface area contributed by atoms with Crippen LogP contribution in [0.15, 0.2) is 30.3 Å². The van der Waals surface area contributed by atoms with E-state index in [4.69, 9.17) is 0 Å². The van der Waals surface area contributed by atoms with Crippen molar-refractivity contribution < 1.29 is 18.0 Å². The standard InChI is InChI=1S/C15H21F3N2O.ClH/c1-2-8-19-9-10-20-14(21)11-13(15(16,17)18)12-6-4-3-5-7-12;/h3-7,13,19H,2,8-11H2,1H3,(H,20,21);1H. The Bertz CT molecular complexity index is 427. The molecule has 7 heteroatoms. The number of carbonyl (C=O) groups excluding carboxylic acids is 1. The Kier molecular flexibility index (Phi) is 9.85. The molecule has 0 saturated heterocycles. The predicted molar refractivity (Wildman–Crippen MR) is 83.3 cm³/mol. The van der Waals surface area contributed by atoms with E-state index in [-0.39, 0.29) is 18.0 Å². The number of hydrogen-bond acceptors (Lipinski definition) is 2. The lowest BCUT2D eigenvalue weighted by molar-refractivity contribution is -0.157. The molecule has 0 radical (unpaired) electrons. The minimum absolute atomic E-state index is 0. The van der Waals surface area contributed by atoms with Crippen molar-refractivity contribution in [1.29, 1.82) is 0 Å². The average Bonchev–Trinajstić information content (AvgIpc) is 2.44. The van der Waals surface area contributed by atoms with Gasteiger partial charge in [0.1, 0.15) is 0 Å². The molecule has 0 aliphatic heterocycles. The molecule has 0 bridgehead atoms. The zero-order chi connectivity index (χ0) is 15.7. The lowest BCUT2D eigenvalue weighted by atomic mass is 9.95. The Morgan fingerprint density at radius 3 is 2.32 bits per heavy atom. The van der Waals surface area contributed by atoms with E-state index in [0.29, 0.717) is 13.1 Å². The third kappa shape index (κ3) is 7.66. The van der Waals surface area contributed by atoms with Crippen molar-refractivity contribution in [1.82, 2.24) is 10.6 Å². The molecule has 0 aromatic heterocycles. The van der Waals surface area contributed by atoms with Crippen LogP contribution in [0.3, 0.4) is 0 Å². The van der Waals surface area contributed by atoms with E-state index in [1.807, 2.05) is 6.92 Å². The monoisotopic (exact) mass is 338 g/mol. The van der Waals surface area contributed by atoms with Crippen LogP contribution in [-0.2, 0) is 4.79 Å². The number of carbonyl (C=O) groups is 1. The molecule has 1 rings (SSSR count). The van der Waals surface area contributed by atoms with Crippen molar-refractivity contribution in [2.24, 2.45) is 0 Å². The zero-order valence-corrected chi connectivity index (χ0v) is 13.3. The minimum atomic E-state index is -4.43. The van der Waals surface area contributed by atoms with Crippen LogP contribution < -0.4 is 10.6 Å². The summed E-state index contributed by atoms with van der Waals surface area (Å²) < 4.78 is 39.2. The normalized spacial score (nSPS) is 12.4. The third-order valence-electron chi connectivity index (χ3n) is 3.04. The molecular weight excluding hydrogens is 317 g/mol. The Morgan fingerprint density at radius 2 is 1.77 bits per heavy atom. The lowest BCUT2D eigenvalue weighted by Crippen LogP contribution is -2.34. The van der Waals surface area contributed by atoms with Gasteiger partial charge in [0.25, 0.3) is 0 Å². The first-order valence-electron chi connectivity index (χ1n) is 7.04. The third-order valence-corrected chi connectivity index (χ3v) is 3.04. The second-order valence-corrected chi connectivity index (χ2v) is 4.81. The van der Waals surface area contributed by atoms with Gasteiger partial charge in [-0.2, -0.15) is 13.2 Å². The van der Waals surface area contributed by atoms with Gasteiger partial charge < -0.3 is 10.6 Å². The van der Waals surface area contributed by atoms with Crippen LogP contribution in [-0.4, -0.2) is 31.7 Å². The highest BCUT2D eigenvalue weighted by Gasteiger charge is 2.41.